The van der Waals surface area contributed by atoms with Gasteiger partial charge in [0.1, 0.15) is 0 Å². The van der Waals surface area contributed by atoms with Crippen LogP contribution in [0.25, 0.3) is 0 Å². The topological polar surface area (TPSA) is 74.7 Å². The van der Waals surface area contributed by atoms with E-state index in [0.29, 0.717) is 18.6 Å². The first-order chi connectivity index (χ1) is 9.10. The first-order valence-corrected chi connectivity index (χ1v) is 5.92. The molecule has 0 saturated carbocycles. The molecule has 1 heterocycles. The van der Waals surface area contributed by atoms with Crippen molar-refractivity contribution in [3.8, 4) is 11.5 Å². The Kier molecular flexibility index (Phi) is 5.78. The summed E-state index contributed by atoms with van der Waals surface area (Å²) in [5, 5.41) is 0. The van der Waals surface area contributed by atoms with E-state index < -0.39 is 0 Å². The van der Waals surface area contributed by atoms with Gasteiger partial charge in [0.25, 0.3) is 0 Å². The number of rotatable bonds is 7. The summed E-state index contributed by atoms with van der Waals surface area (Å²) in [6.45, 7) is 2.97. The largest absolute Gasteiger partial charge is 0.493 e. The standard InChI is InChI=1S/C13H17NO5/c1-4-5-11(16)18-8-19-13-10(17-3)6-7-14-12(13)9(2)15/h6-7H,4-5,8H2,1-3H3. The van der Waals surface area contributed by atoms with E-state index in [1.54, 1.807) is 6.07 Å². The highest BCUT2D eigenvalue weighted by atomic mass is 16.7. The lowest BCUT2D eigenvalue weighted by Gasteiger charge is -2.12. The minimum absolute atomic E-state index is 0.144. The zero-order valence-electron chi connectivity index (χ0n) is 11.3. The molecule has 104 valence electrons. The Morgan fingerprint density at radius 3 is 2.68 bits per heavy atom. The third-order valence-corrected chi connectivity index (χ3v) is 2.30. The molecule has 0 radical (unpaired) electrons. The summed E-state index contributed by atoms with van der Waals surface area (Å²) in [4.78, 5) is 26.5. The van der Waals surface area contributed by atoms with Gasteiger partial charge in [-0.1, -0.05) is 6.92 Å². The van der Waals surface area contributed by atoms with Gasteiger partial charge in [0.05, 0.1) is 7.11 Å². The molecule has 0 N–H and O–H groups in total. The van der Waals surface area contributed by atoms with Crippen LogP contribution in [0.15, 0.2) is 12.3 Å². The van der Waals surface area contributed by atoms with Gasteiger partial charge in [0.2, 0.25) is 6.79 Å². The lowest BCUT2D eigenvalue weighted by atomic mass is 10.2. The molecule has 0 bridgehead atoms. The Labute approximate surface area is 111 Å². The van der Waals surface area contributed by atoms with Gasteiger partial charge in [-0.15, -0.1) is 0 Å². The smallest absolute Gasteiger partial charge is 0.308 e. The molecule has 19 heavy (non-hydrogen) atoms. The van der Waals surface area contributed by atoms with Gasteiger partial charge < -0.3 is 14.2 Å². The summed E-state index contributed by atoms with van der Waals surface area (Å²) in [5.74, 6) is -0.0583. The van der Waals surface area contributed by atoms with Crippen LogP contribution in [0.5, 0.6) is 11.5 Å². The van der Waals surface area contributed by atoms with Crippen LogP contribution in [0.4, 0.5) is 0 Å². The third kappa shape index (κ3) is 4.24. The molecule has 0 spiro atoms. The summed E-state index contributed by atoms with van der Waals surface area (Å²) in [5.41, 5.74) is 0.144. The Balaban J connectivity index is 2.75. The van der Waals surface area contributed by atoms with E-state index in [9.17, 15) is 9.59 Å². The first kappa shape index (κ1) is 14.9. The van der Waals surface area contributed by atoms with Crippen LogP contribution in [-0.4, -0.2) is 30.6 Å². The van der Waals surface area contributed by atoms with Gasteiger partial charge in [0, 0.05) is 25.6 Å². The van der Waals surface area contributed by atoms with Crippen LogP contribution in [0.1, 0.15) is 37.2 Å². The number of pyridine rings is 1. The van der Waals surface area contributed by atoms with E-state index in [-0.39, 0.29) is 30.0 Å². The predicted molar refractivity (Wildman–Crippen MR) is 67.3 cm³/mol. The second kappa shape index (κ2) is 7.35. The fourth-order valence-corrected chi connectivity index (χ4v) is 1.41. The van der Waals surface area contributed by atoms with Crippen LogP contribution in [0.2, 0.25) is 0 Å². The van der Waals surface area contributed by atoms with Crippen molar-refractivity contribution in [1.29, 1.82) is 0 Å². The Hall–Kier alpha value is -2.11. The van der Waals surface area contributed by atoms with Gasteiger partial charge in [-0.3, -0.25) is 9.59 Å². The third-order valence-electron chi connectivity index (χ3n) is 2.30. The van der Waals surface area contributed by atoms with E-state index in [1.165, 1.54) is 20.2 Å². The molecular formula is C13H17NO5. The van der Waals surface area contributed by atoms with Crippen molar-refractivity contribution in [3.63, 3.8) is 0 Å². The molecule has 1 aromatic heterocycles. The molecule has 0 atom stereocenters. The van der Waals surface area contributed by atoms with Crippen molar-refractivity contribution in [2.75, 3.05) is 13.9 Å². The highest BCUT2D eigenvalue weighted by Crippen LogP contribution is 2.29. The molecule has 1 aromatic rings. The number of nitrogens with zero attached hydrogens (tertiary/aromatic N) is 1. The van der Waals surface area contributed by atoms with Crippen molar-refractivity contribution < 1.29 is 23.8 Å². The van der Waals surface area contributed by atoms with E-state index in [0.717, 1.165) is 0 Å². The highest BCUT2D eigenvalue weighted by Gasteiger charge is 2.16. The first-order valence-electron chi connectivity index (χ1n) is 5.92. The summed E-state index contributed by atoms with van der Waals surface area (Å²) >= 11 is 0. The second-order valence-corrected chi connectivity index (χ2v) is 3.78. The Morgan fingerprint density at radius 1 is 1.37 bits per heavy atom. The zero-order chi connectivity index (χ0) is 14.3. The average Bonchev–Trinajstić information content (AvgIpc) is 2.38. The minimum Gasteiger partial charge on any atom is -0.493 e. The van der Waals surface area contributed by atoms with E-state index >= 15 is 0 Å². The fourth-order valence-electron chi connectivity index (χ4n) is 1.41. The van der Waals surface area contributed by atoms with Crippen molar-refractivity contribution >= 4 is 11.8 Å². The maximum atomic E-state index is 11.4. The van der Waals surface area contributed by atoms with Gasteiger partial charge in [0.15, 0.2) is 23.0 Å². The molecule has 6 heteroatoms. The number of ketones is 1. The van der Waals surface area contributed by atoms with Gasteiger partial charge >= 0.3 is 5.97 Å². The summed E-state index contributed by atoms with van der Waals surface area (Å²) in [7, 11) is 1.45. The summed E-state index contributed by atoms with van der Waals surface area (Å²) in [6.07, 6.45) is 2.48. The highest BCUT2D eigenvalue weighted by molar-refractivity contribution is 5.95. The Bertz CT molecular complexity index is 458. The fraction of sp³-hybridized carbons (Fsp3) is 0.462. The lowest BCUT2D eigenvalue weighted by molar-refractivity contribution is -0.150. The molecular weight excluding hydrogens is 250 g/mol. The lowest BCUT2D eigenvalue weighted by Crippen LogP contribution is -2.12. The van der Waals surface area contributed by atoms with Crippen molar-refractivity contribution in [1.82, 2.24) is 4.98 Å². The zero-order valence-corrected chi connectivity index (χ0v) is 11.3. The maximum absolute atomic E-state index is 11.4. The number of hydrogen-bond acceptors (Lipinski definition) is 6. The SMILES string of the molecule is CCCC(=O)OCOc1c(OC)ccnc1C(C)=O. The average molecular weight is 267 g/mol. The van der Waals surface area contributed by atoms with Crippen LogP contribution in [0.3, 0.4) is 0 Å². The van der Waals surface area contributed by atoms with Gasteiger partial charge in [-0.25, -0.2) is 4.98 Å². The summed E-state index contributed by atoms with van der Waals surface area (Å²) in [6, 6.07) is 1.57. The van der Waals surface area contributed by atoms with Crippen LogP contribution >= 0.6 is 0 Å². The maximum Gasteiger partial charge on any atom is 0.308 e. The Morgan fingerprint density at radius 2 is 2.11 bits per heavy atom. The quantitative estimate of drug-likeness (QED) is 0.427. The number of methoxy groups -OCH3 is 1. The van der Waals surface area contributed by atoms with Crippen LogP contribution < -0.4 is 9.47 Å². The molecule has 0 aliphatic carbocycles. The number of aromatic nitrogens is 1. The number of esters is 1. The minimum atomic E-state index is -0.352. The van der Waals surface area contributed by atoms with Gasteiger partial charge in [-0.05, 0) is 6.42 Å². The molecule has 0 aliphatic rings. The number of Topliss-reactive ketones (excluding diaryl/α,β-unsaturated/α-hetero) is 1. The van der Waals surface area contributed by atoms with E-state index in [2.05, 4.69) is 4.98 Å². The molecule has 0 amide bonds. The monoisotopic (exact) mass is 267 g/mol. The molecule has 6 nitrogen and oxygen atoms in total. The van der Waals surface area contributed by atoms with E-state index in [4.69, 9.17) is 14.2 Å². The molecule has 0 aromatic carbocycles. The normalized spacial score (nSPS) is 9.84. The number of ether oxygens (including phenoxy) is 3. The summed E-state index contributed by atoms with van der Waals surface area (Å²) < 4.78 is 15.2. The van der Waals surface area contributed by atoms with Crippen molar-refractivity contribution in [3.05, 3.63) is 18.0 Å². The van der Waals surface area contributed by atoms with Gasteiger partial charge in [-0.2, -0.15) is 0 Å². The number of carbonyl (C=O) groups excluding carboxylic acids is 2. The molecule has 0 saturated heterocycles. The van der Waals surface area contributed by atoms with Crippen LogP contribution in [-0.2, 0) is 9.53 Å². The predicted octanol–water partition coefficient (Wildman–Crippen LogP) is 1.97. The number of carbonyl (C=O) groups is 2. The van der Waals surface area contributed by atoms with Crippen LogP contribution in [0, 0.1) is 0 Å². The molecule has 0 fully saturated rings. The van der Waals surface area contributed by atoms with Crippen molar-refractivity contribution in [2.24, 2.45) is 0 Å². The van der Waals surface area contributed by atoms with Crippen molar-refractivity contribution in [2.45, 2.75) is 26.7 Å². The molecule has 0 unspecified atom stereocenters. The van der Waals surface area contributed by atoms with E-state index in [1.807, 2.05) is 6.92 Å². The molecule has 0 aliphatic heterocycles. The number of hydrogen-bond donors (Lipinski definition) is 0. The second-order valence-electron chi connectivity index (χ2n) is 3.78. The molecule has 1 rings (SSSR count).